The first kappa shape index (κ1) is 11.8. The molecular formula is C11H16N4O2. The quantitative estimate of drug-likeness (QED) is 0.724. The van der Waals surface area contributed by atoms with Crippen molar-refractivity contribution in [3.8, 4) is 0 Å². The number of nitrogens with zero attached hydrogens (tertiary/aromatic N) is 3. The van der Waals surface area contributed by atoms with Gasteiger partial charge in [-0.15, -0.1) is 0 Å². The third-order valence-corrected chi connectivity index (χ3v) is 2.91. The zero-order valence-corrected chi connectivity index (χ0v) is 9.96. The van der Waals surface area contributed by atoms with Crippen LogP contribution in [0.4, 0.5) is 0 Å². The fraction of sp³-hybridized carbons (Fsp3) is 0.545. The highest BCUT2D eigenvalue weighted by Crippen LogP contribution is 2.11. The Morgan fingerprint density at radius 3 is 2.88 bits per heavy atom. The van der Waals surface area contributed by atoms with E-state index in [0.717, 1.165) is 6.54 Å². The normalized spacial score (nSPS) is 22.2. The molecule has 1 aromatic rings. The molecule has 2 heterocycles. The van der Waals surface area contributed by atoms with Gasteiger partial charge in [-0.3, -0.25) is 14.5 Å². The molecule has 0 aromatic carbocycles. The smallest absolute Gasteiger partial charge is 0.246 e. The molecule has 0 aliphatic carbocycles. The molecule has 0 saturated carbocycles. The molecule has 6 heteroatoms. The van der Waals surface area contributed by atoms with E-state index in [2.05, 4.69) is 10.3 Å². The summed E-state index contributed by atoms with van der Waals surface area (Å²) in [4.78, 5) is 28.2. The fourth-order valence-corrected chi connectivity index (χ4v) is 1.99. The lowest BCUT2D eigenvalue weighted by atomic mass is 10.2. The van der Waals surface area contributed by atoms with E-state index in [0.29, 0.717) is 0 Å². The van der Waals surface area contributed by atoms with Crippen molar-refractivity contribution < 1.29 is 9.59 Å². The Bertz CT molecular complexity index is 415. The largest absolute Gasteiger partial charge is 0.336 e. The number of nitrogens with one attached hydrogen (secondary N) is 1. The summed E-state index contributed by atoms with van der Waals surface area (Å²) < 4.78 is 1.93. The van der Waals surface area contributed by atoms with E-state index in [4.69, 9.17) is 0 Å². The number of likely N-dealkylation sites (tertiary alicyclic amines) is 1. The SMILES string of the molecule is CC(Cn1ccnc1)NC1CC(=O)N(C)C1=O. The zero-order valence-electron chi connectivity index (χ0n) is 9.96. The van der Waals surface area contributed by atoms with Crippen molar-refractivity contribution in [2.24, 2.45) is 0 Å². The molecule has 1 aliphatic heterocycles. The van der Waals surface area contributed by atoms with Gasteiger partial charge in [-0.25, -0.2) is 4.98 Å². The number of carbonyl (C=O) groups excluding carboxylic acids is 2. The van der Waals surface area contributed by atoms with Crippen LogP contribution in [0.5, 0.6) is 0 Å². The Morgan fingerprint density at radius 1 is 1.59 bits per heavy atom. The highest BCUT2D eigenvalue weighted by atomic mass is 16.2. The van der Waals surface area contributed by atoms with Crippen LogP contribution in [0.1, 0.15) is 13.3 Å². The lowest BCUT2D eigenvalue weighted by Crippen LogP contribution is -2.43. The van der Waals surface area contributed by atoms with E-state index in [-0.39, 0.29) is 30.3 Å². The number of hydrogen-bond donors (Lipinski definition) is 1. The van der Waals surface area contributed by atoms with Crippen molar-refractivity contribution >= 4 is 11.8 Å². The average molecular weight is 236 g/mol. The highest BCUT2D eigenvalue weighted by Gasteiger charge is 2.36. The van der Waals surface area contributed by atoms with E-state index in [1.54, 1.807) is 12.5 Å². The number of aromatic nitrogens is 2. The minimum absolute atomic E-state index is 0.109. The molecule has 17 heavy (non-hydrogen) atoms. The van der Waals surface area contributed by atoms with Crippen LogP contribution in [-0.4, -0.2) is 45.4 Å². The number of imide groups is 1. The van der Waals surface area contributed by atoms with Gasteiger partial charge in [0.25, 0.3) is 0 Å². The predicted molar refractivity (Wildman–Crippen MR) is 61.0 cm³/mol. The number of imidazole rings is 1. The van der Waals surface area contributed by atoms with Crippen LogP contribution in [0.2, 0.25) is 0 Å². The summed E-state index contributed by atoms with van der Waals surface area (Å²) in [6.45, 7) is 2.71. The number of likely N-dealkylation sites (N-methyl/N-ethyl adjacent to an activating group) is 1. The van der Waals surface area contributed by atoms with Crippen LogP contribution in [-0.2, 0) is 16.1 Å². The zero-order chi connectivity index (χ0) is 12.4. The second kappa shape index (κ2) is 4.67. The molecule has 0 radical (unpaired) electrons. The molecule has 0 bridgehead atoms. The van der Waals surface area contributed by atoms with Crippen LogP contribution in [0, 0.1) is 0 Å². The van der Waals surface area contributed by atoms with E-state index in [9.17, 15) is 9.59 Å². The second-order valence-electron chi connectivity index (χ2n) is 4.37. The van der Waals surface area contributed by atoms with Crippen LogP contribution in [0.15, 0.2) is 18.7 Å². The fourth-order valence-electron chi connectivity index (χ4n) is 1.99. The molecule has 1 fully saturated rings. The van der Waals surface area contributed by atoms with E-state index in [1.807, 2.05) is 17.7 Å². The number of carbonyl (C=O) groups is 2. The first-order chi connectivity index (χ1) is 8.08. The third-order valence-electron chi connectivity index (χ3n) is 2.91. The van der Waals surface area contributed by atoms with E-state index < -0.39 is 0 Å². The Balaban J connectivity index is 1.89. The monoisotopic (exact) mass is 236 g/mol. The Kier molecular flexibility index (Phi) is 3.23. The van der Waals surface area contributed by atoms with Crippen molar-refractivity contribution in [2.45, 2.75) is 32.0 Å². The molecule has 2 amide bonds. The number of rotatable bonds is 4. The third kappa shape index (κ3) is 2.52. The Labute approximate surface area is 99.6 Å². The summed E-state index contributed by atoms with van der Waals surface area (Å²) in [5, 5.41) is 3.17. The van der Waals surface area contributed by atoms with Crippen molar-refractivity contribution in [1.29, 1.82) is 0 Å². The number of hydrogen-bond acceptors (Lipinski definition) is 4. The van der Waals surface area contributed by atoms with Crippen LogP contribution < -0.4 is 5.32 Å². The lowest BCUT2D eigenvalue weighted by molar-refractivity contribution is -0.137. The van der Waals surface area contributed by atoms with Crippen LogP contribution in [0.25, 0.3) is 0 Å². The Hall–Kier alpha value is -1.69. The highest BCUT2D eigenvalue weighted by molar-refractivity contribution is 6.05. The second-order valence-corrected chi connectivity index (χ2v) is 4.37. The van der Waals surface area contributed by atoms with Gasteiger partial charge in [-0.2, -0.15) is 0 Å². The molecule has 1 aliphatic rings. The van der Waals surface area contributed by atoms with Gasteiger partial charge >= 0.3 is 0 Å². The number of amides is 2. The Morgan fingerprint density at radius 2 is 2.35 bits per heavy atom. The van der Waals surface area contributed by atoms with Crippen molar-refractivity contribution in [1.82, 2.24) is 19.8 Å². The summed E-state index contributed by atoms with van der Waals surface area (Å²) in [5.74, 6) is -0.269. The van der Waals surface area contributed by atoms with Crippen molar-refractivity contribution in [3.63, 3.8) is 0 Å². The predicted octanol–water partition coefficient (Wildman–Crippen LogP) is -0.381. The summed E-state index contributed by atoms with van der Waals surface area (Å²) in [7, 11) is 1.52. The molecule has 2 unspecified atom stereocenters. The molecule has 2 rings (SSSR count). The molecule has 2 atom stereocenters. The molecule has 92 valence electrons. The van der Waals surface area contributed by atoms with Gasteiger partial charge in [-0.1, -0.05) is 0 Å². The molecular weight excluding hydrogens is 220 g/mol. The van der Waals surface area contributed by atoms with Crippen molar-refractivity contribution in [3.05, 3.63) is 18.7 Å². The van der Waals surface area contributed by atoms with E-state index >= 15 is 0 Å². The van der Waals surface area contributed by atoms with Crippen LogP contribution in [0.3, 0.4) is 0 Å². The lowest BCUT2D eigenvalue weighted by Gasteiger charge is -2.18. The molecule has 6 nitrogen and oxygen atoms in total. The van der Waals surface area contributed by atoms with Gasteiger partial charge in [0.15, 0.2) is 0 Å². The molecule has 1 aromatic heterocycles. The summed E-state index contributed by atoms with van der Waals surface area (Å²) in [5.41, 5.74) is 0. The standard InChI is InChI=1S/C11H16N4O2/c1-8(6-15-4-3-12-7-15)13-9-5-10(16)14(2)11(9)17/h3-4,7-9,13H,5-6H2,1-2H3. The van der Waals surface area contributed by atoms with Gasteiger partial charge < -0.3 is 9.88 Å². The summed E-state index contributed by atoms with van der Waals surface area (Å²) >= 11 is 0. The maximum absolute atomic E-state index is 11.7. The topological polar surface area (TPSA) is 67.2 Å². The minimum atomic E-state index is -0.383. The van der Waals surface area contributed by atoms with Crippen molar-refractivity contribution in [2.75, 3.05) is 7.05 Å². The first-order valence-corrected chi connectivity index (χ1v) is 5.60. The maximum Gasteiger partial charge on any atom is 0.246 e. The minimum Gasteiger partial charge on any atom is -0.336 e. The van der Waals surface area contributed by atoms with Gasteiger partial charge in [0.2, 0.25) is 11.8 Å². The van der Waals surface area contributed by atoms with Crippen LogP contribution >= 0.6 is 0 Å². The molecule has 0 spiro atoms. The van der Waals surface area contributed by atoms with E-state index in [1.165, 1.54) is 11.9 Å². The summed E-state index contributed by atoms with van der Waals surface area (Å²) in [6.07, 6.45) is 5.56. The van der Waals surface area contributed by atoms with Gasteiger partial charge in [0.1, 0.15) is 0 Å². The summed E-state index contributed by atoms with van der Waals surface area (Å²) in [6, 6.07) is -0.275. The molecule has 1 N–H and O–H groups in total. The first-order valence-electron chi connectivity index (χ1n) is 5.60. The van der Waals surface area contributed by atoms with Gasteiger partial charge in [0, 0.05) is 32.0 Å². The maximum atomic E-state index is 11.7. The van der Waals surface area contributed by atoms with Gasteiger partial charge in [0.05, 0.1) is 18.8 Å². The van der Waals surface area contributed by atoms with Gasteiger partial charge in [-0.05, 0) is 6.92 Å². The molecule has 1 saturated heterocycles. The average Bonchev–Trinajstić information content (AvgIpc) is 2.85.